The molecule has 5 heteroatoms. The Kier molecular flexibility index (Phi) is 4.63. The van der Waals surface area contributed by atoms with Crippen molar-refractivity contribution in [1.82, 2.24) is 15.2 Å². The number of ether oxygens (including phenoxy) is 1. The van der Waals surface area contributed by atoms with Crippen LogP contribution >= 0.6 is 0 Å². The van der Waals surface area contributed by atoms with Crippen molar-refractivity contribution in [2.75, 3.05) is 12.4 Å². The largest absolute Gasteiger partial charge is 0.382 e. The van der Waals surface area contributed by atoms with E-state index < -0.39 is 0 Å². The lowest BCUT2D eigenvalue weighted by atomic mass is 9.99. The maximum Gasteiger partial charge on any atom is 0.183 e. The molecule has 1 unspecified atom stereocenters. The van der Waals surface area contributed by atoms with E-state index in [9.17, 15) is 0 Å². The Labute approximate surface area is 126 Å². The average Bonchev–Trinajstić information content (AvgIpc) is 2.85. The number of hydrogen-bond acceptors (Lipinski definition) is 4. The summed E-state index contributed by atoms with van der Waals surface area (Å²) in [5.74, 6) is 1.53. The fourth-order valence-electron chi connectivity index (χ4n) is 2.40. The van der Waals surface area contributed by atoms with Crippen molar-refractivity contribution in [3.05, 3.63) is 30.1 Å². The fraction of sp³-hybridized carbons (Fsp3) is 0.500. The third kappa shape index (κ3) is 4.04. The van der Waals surface area contributed by atoms with E-state index in [1.807, 2.05) is 25.1 Å². The van der Waals surface area contributed by atoms with E-state index in [4.69, 9.17) is 4.74 Å². The van der Waals surface area contributed by atoms with Crippen LogP contribution in [0.25, 0.3) is 11.4 Å². The summed E-state index contributed by atoms with van der Waals surface area (Å²) < 4.78 is 5.49. The number of para-hydroxylation sites is 1. The minimum absolute atomic E-state index is 0.150. The summed E-state index contributed by atoms with van der Waals surface area (Å²) in [6, 6.07) is 8.37. The molecule has 5 nitrogen and oxygen atoms in total. The Morgan fingerprint density at radius 1 is 1.33 bits per heavy atom. The van der Waals surface area contributed by atoms with Crippen LogP contribution in [0.5, 0.6) is 0 Å². The first-order chi connectivity index (χ1) is 9.91. The van der Waals surface area contributed by atoms with E-state index in [2.05, 4.69) is 47.3 Å². The van der Waals surface area contributed by atoms with Crippen molar-refractivity contribution < 1.29 is 4.74 Å². The van der Waals surface area contributed by atoms with Gasteiger partial charge in [0.2, 0.25) is 0 Å². The van der Waals surface area contributed by atoms with E-state index >= 15 is 0 Å². The molecule has 2 rings (SSSR count). The Morgan fingerprint density at radius 3 is 2.67 bits per heavy atom. The number of hydrogen-bond donors (Lipinski definition) is 2. The van der Waals surface area contributed by atoms with Gasteiger partial charge < -0.3 is 10.1 Å². The summed E-state index contributed by atoms with van der Waals surface area (Å²) in [5.41, 5.74) is 1.89. The van der Waals surface area contributed by atoms with Crippen LogP contribution in [0.4, 0.5) is 5.69 Å². The fourth-order valence-corrected chi connectivity index (χ4v) is 2.40. The van der Waals surface area contributed by atoms with Crippen molar-refractivity contribution in [2.24, 2.45) is 0 Å². The number of rotatable bonds is 6. The molecular weight excluding hydrogens is 264 g/mol. The molecule has 1 aromatic carbocycles. The SMILES string of the molecule is COC(C)(C)CC(C)Nc1ccccc1-c1n[nH]c(C)n1. The number of aromatic amines is 1. The van der Waals surface area contributed by atoms with Gasteiger partial charge in [-0.3, -0.25) is 5.10 Å². The van der Waals surface area contributed by atoms with Crippen molar-refractivity contribution in [2.45, 2.75) is 45.8 Å². The van der Waals surface area contributed by atoms with Gasteiger partial charge in [-0.15, -0.1) is 0 Å². The predicted octanol–water partition coefficient (Wildman–Crippen LogP) is 3.40. The monoisotopic (exact) mass is 288 g/mol. The molecule has 114 valence electrons. The summed E-state index contributed by atoms with van der Waals surface area (Å²) in [4.78, 5) is 4.41. The van der Waals surface area contributed by atoms with Gasteiger partial charge in [0.25, 0.3) is 0 Å². The Morgan fingerprint density at radius 2 is 2.05 bits per heavy atom. The van der Waals surface area contributed by atoms with Crippen molar-refractivity contribution in [1.29, 1.82) is 0 Å². The maximum atomic E-state index is 5.49. The van der Waals surface area contributed by atoms with Gasteiger partial charge in [0.1, 0.15) is 5.82 Å². The Balaban J connectivity index is 2.17. The molecule has 1 atom stereocenters. The predicted molar refractivity (Wildman–Crippen MR) is 85.3 cm³/mol. The van der Waals surface area contributed by atoms with Crippen LogP contribution in [0, 0.1) is 6.92 Å². The minimum atomic E-state index is -0.150. The lowest BCUT2D eigenvalue weighted by molar-refractivity contribution is 0.0128. The van der Waals surface area contributed by atoms with Crippen LogP contribution in [0.1, 0.15) is 33.0 Å². The highest BCUT2D eigenvalue weighted by molar-refractivity contribution is 5.73. The van der Waals surface area contributed by atoms with E-state index in [0.717, 1.165) is 23.5 Å². The smallest absolute Gasteiger partial charge is 0.183 e. The normalized spacial score (nSPS) is 13.2. The topological polar surface area (TPSA) is 62.8 Å². The van der Waals surface area contributed by atoms with Crippen LogP contribution in [0.3, 0.4) is 0 Å². The van der Waals surface area contributed by atoms with Crippen LogP contribution in [0.15, 0.2) is 24.3 Å². The van der Waals surface area contributed by atoms with Gasteiger partial charge in [-0.2, -0.15) is 5.10 Å². The molecule has 0 bridgehead atoms. The van der Waals surface area contributed by atoms with E-state index in [1.165, 1.54) is 0 Å². The van der Waals surface area contributed by atoms with E-state index in [-0.39, 0.29) is 11.6 Å². The molecule has 0 saturated heterocycles. The van der Waals surface area contributed by atoms with Crippen LogP contribution in [0.2, 0.25) is 0 Å². The molecule has 0 amide bonds. The highest BCUT2D eigenvalue weighted by Gasteiger charge is 2.21. The second-order valence-corrected chi connectivity index (χ2v) is 6.00. The quantitative estimate of drug-likeness (QED) is 0.855. The molecule has 1 heterocycles. The third-order valence-electron chi connectivity index (χ3n) is 3.52. The zero-order valence-electron chi connectivity index (χ0n) is 13.4. The summed E-state index contributed by atoms with van der Waals surface area (Å²) in [6.07, 6.45) is 0.908. The Bertz CT molecular complexity index is 591. The van der Waals surface area contributed by atoms with E-state index in [0.29, 0.717) is 5.82 Å². The number of H-pyrrole nitrogens is 1. The van der Waals surface area contributed by atoms with Crippen molar-refractivity contribution >= 4 is 5.69 Å². The maximum absolute atomic E-state index is 5.49. The summed E-state index contributed by atoms with van der Waals surface area (Å²) in [6.45, 7) is 8.24. The standard InChI is InChI=1S/C16H24N4O/c1-11(10-16(3,4)21-5)17-14-9-7-6-8-13(14)15-18-12(2)19-20-15/h6-9,11,17H,10H2,1-5H3,(H,18,19,20). The molecule has 0 aliphatic carbocycles. The van der Waals surface area contributed by atoms with Gasteiger partial charge in [0.15, 0.2) is 5.82 Å². The zero-order valence-corrected chi connectivity index (χ0v) is 13.4. The first-order valence-corrected chi connectivity index (χ1v) is 7.21. The van der Waals surface area contributed by atoms with Crippen LogP contribution < -0.4 is 5.32 Å². The number of nitrogens with zero attached hydrogens (tertiary/aromatic N) is 2. The number of benzene rings is 1. The number of anilines is 1. The molecule has 0 aliphatic rings. The minimum Gasteiger partial charge on any atom is -0.382 e. The molecular formula is C16H24N4O. The van der Waals surface area contributed by atoms with Crippen molar-refractivity contribution in [3.8, 4) is 11.4 Å². The van der Waals surface area contributed by atoms with Crippen LogP contribution in [-0.4, -0.2) is 33.9 Å². The van der Waals surface area contributed by atoms with Gasteiger partial charge in [-0.05, 0) is 46.2 Å². The average molecular weight is 288 g/mol. The zero-order chi connectivity index (χ0) is 15.5. The number of aryl methyl sites for hydroxylation is 1. The van der Waals surface area contributed by atoms with E-state index in [1.54, 1.807) is 7.11 Å². The summed E-state index contributed by atoms with van der Waals surface area (Å²) >= 11 is 0. The molecule has 21 heavy (non-hydrogen) atoms. The van der Waals surface area contributed by atoms with Gasteiger partial charge in [0, 0.05) is 24.4 Å². The molecule has 0 radical (unpaired) electrons. The summed E-state index contributed by atoms with van der Waals surface area (Å²) in [7, 11) is 1.75. The molecule has 0 spiro atoms. The first-order valence-electron chi connectivity index (χ1n) is 7.21. The lowest BCUT2D eigenvalue weighted by Gasteiger charge is -2.28. The number of nitrogens with one attached hydrogen (secondary N) is 2. The summed E-state index contributed by atoms with van der Waals surface area (Å²) in [5, 5.41) is 10.7. The Hall–Kier alpha value is -1.88. The number of aromatic nitrogens is 3. The first kappa shape index (κ1) is 15.5. The third-order valence-corrected chi connectivity index (χ3v) is 3.52. The second-order valence-electron chi connectivity index (χ2n) is 6.00. The van der Waals surface area contributed by atoms with Crippen LogP contribution in [-0.2, 0) is 4.74 Å². The van der Waals surface area contributed by atoms with Gasteiger partial charge in [0.05, 0.1) is 5.60 Å². The molecule has 0 saturated carbocycles. The van der Waals surface area contributed by atoms with Gasteiger partial charge in [-0.1, -0.05) is 12.1 Å². The molecule has 2 aromatic rings. The van der Waals surface area contributed by atoms with Gasteiger partial charge >= 0.3 is 0 Å². The molecule has 0 fully saturated rings. The highest BCUT2D eigenvalue weighted by atomic mass is 16.5. The van der Waals surface area contributed by atoms with Gasteiger partial charge in [-0.25, -0.2) is 4.98 Å². The molecule has 0 aliphatic heterocycles. The lowest BCUT2D eigenvalue weighted by Crippen LogP contribution is -2.31. The second kappa shape index (κ2) is 6.26. The highest BCUT2D eigenvalue weighted by Crippen LogP contribution is 2.27. The number of methoxy groups -OCH3 is 1. The van der Waals surface area contributed by atoms with Crippen molar-refractivity contribution in [3.63, 3.8) is 0 Å². The molecule has 1 aromatic heterocycles. The molecule has 2 N–H and O–H groups in total.